The van der Waals surface area contributed by atoms with Gasteiger partial charge >= 0.3 is 0 Å². The second kappa shape index (κ2) is 6.11. The lowest BCUT2D eigenvalue weighted by atomic mass is 10.2. The minimum atomic E-state index is -0.863. The van der Waals surface area contributed by atoms with E-state index >= 15 is 0 Å². The standard InChI is InChI=1S/C13H18F2N2O/c1-10-8-11(14)12(15)9-13(10)18-7-6-17-4-2-16-3-5-17/h8-9,16H,2-7H2,1H3. The van der Waals surface area contributed by atoms with Crippen molar-refractivity contribution in [2.45, 2.75) is 6.92 Å². The molecule has 0 unspecified atom stereocenters. The van der Waals surface area contributed by atoms with E-state index in [1.54, 1.807) is 6.92 Å². The molecule has 1 saturated heterocycles. The SMILES string of the molecule is Cc1cc(F)c(F)cc1OCCN1CCNCC1. The highest BCUT2D eigenvalue weighted by molar-refractivity contribution is 5.33. The number of hydrogen-bond donors (Lipinski definition) is 1. The van der Waals surface area contributed by atoms with Gasteiger partial charge in [-0.15, -0.1) is 0 Å². The molecule has 0 bridgehead atoms. The number of halogens is 2. The summed E-state index contributed by atoms with van der Waals surface area (Å²) in [6.07, 6.45) is 0. The summed E-state index contributed by atoms with van der Waals surface area (Å²) >= 11 is 0. The first-order valence-corrected chi connectivity index (χ1v) is 6.18. The molecule has 0 atom stereocenters. The van der Waals surface area contributed by atoms with Gasteiger partial charge in [-0.2, -0.15) is 0 Å². The fourth-order valence-electron chi connectivity index (χ4n) is 2.00. The van der Waals surface area contributed by atoms with E-state index in [0.717, 1.165) is 44.9 Å². The fraction of sp³-hybridized carbons (Fsp3) is 0.538. The number of rotatable bonds is 4. The van der Waals surface area contributed by atoms with E-state index in [0.29, 0.717) is 17.9 Å². The van der Waals surface area contributed by atoms with E-state index in [9.17, 15) is 8.78 Å². The van der Waals surface area contributed by atoms with Crippen LogP contribution in [0.25, 0.3) is 0 Å². The lowest BCUT2D eigenvalue weighted by Gasteiger charge is -2.27. The van der Waals surface area contributed by atoms with Crippen LogP contribution >= 0.6 is 0 Å². The Balaban J connectivity index is 1.84. The van der Waals surface area contributed by atoms with E-state index in [1.807, 2.05) is 0 Å². The Morgan fingerprint density at radius 3 is 2.61 bits per heavy atom. The van der Waals surface area contributed by atoms with Gasteiger partial charge < -0.3 is 10.1 Å². The average molecular weight is 256 g/mol. The largest absolute Gasteiger partial charge is 0.492 e. The lowest BCUT2D eigenvalue weighted by Crippen LogP contribution is -2.44. The van der Waals surface area contributed by atoms with Gasteiger partial charge in [-0.25, -0.2) is 8.78 Å². The number of benzene rings is 1. The summed E-state index contributed by atoms with van der Waals surface area (Å²) in [7, 11) is 0. The molecule has 0 aliphatic carbocycles. The zero-order valence-corrected chi connectivity index (χ0v) is 10.5. The van der Waals surface area contributed by atoms with Gasteiger partial charge in [0, 0.05) is 38.8 Å². The van der Waals surface area contributed by atoms with Crippen LogP contribution in [0.15, 0.2) is 12.1 Å². The average Bonchev–Trinajstić information content (AvgIpc) is 2.37. The number of nitrogens with one attached hydrogen (secondary N) is 1. The highest BCUT2D eigenvalue weighted by atomic mass is 19.2. The summed E-state index contributed by atoms with van der Waals surface area (Å²) in [5, 5.41) is 3.27. The predicted octanol–water partition coefficient (Wildman–Crippen LogP) is 1.56. The minimum absolute atomic E-state index is 0.420. The Hall–Kier alpha value is -1.20. The number of ether oxygens (including phenoxy) is 1. The van der Waals surface area contributed by atoms with E-state index < -0.39 is 11.6 Å². The third kappa shape index (κ3) is 3.40. The van der Waals surface area contributed by atoms with Gasteiger partial charge in [0.05, 0.1) is 0 Å². The van der Waals surface area contributed by atoms with Gasteiger partial charge in [0.15, 0.2) is 11.6 Å². The molecule has 1 N–H and O–H groups in total. The van der Waals surface area contributed by atoms with Crippen molar-refractivity contribution < 1.29 is 13.5 Å². The molecule has 1 aliphatic rings. The molecule has 5 heteroatoms. The maximum absolute atomic E-state index is 13.1. The van der Waals surface area contributed by atoms with Gasteiger partial charge in [-0.3, -0.25) is 4.90 Å². The number of aryl methyl sites for hydroxylation is 1. The molecule has 0 spiro atoms. The van der Waals surface area contributed by atoms with Gasteiger partial charge in [0.25, 0.3) is 0 Å². The fourth-order valence-corrected chi connectivity index (χ4v) is 2.00. The molecule has 1 heterocycles. The van der Waals surface area contributed by atoms with Crippen LogP contribution in [-0.4, -0.2) is 44.2 Å². The maximum atomic E-state index is 13.1. The Kier molecular flexibility index (Phi) is 4.49. The first kappa shape index (κ1) is 13.2. The highest BCUT2D eigenvalue weighted by Gasteiger charge is 2.11. The Morgan fingerprint density at radius 1 is 1.22 bits per heavy atom. The smallest absolute Gasteiger partial charge is 0.162 e. The molecule has 2 rings (SSSR count). The van der Waals surface area contributed by atoms with Crippen LogP contribution < -0.4 is 10.1 Å². The summed E-state index contributed by atoms with van der Waals surface area (Å²) in [6.45, 7) is 6.99. The van der Waals surface area contributed by atoms with Gasteiger partial charge in [-0.05, 0) is 18.6 Å². The zero-order chi connectivity index (χ0) is 13.0. The third-order valence-electron chi connectivity index (χ3n) is 3.09. The minimum Gasteiger partial charge on any atom is -0.492 e. The number of piperazine rings is 1. The highest BCUT2D eigenvalue weighted by Crippen LogP contribution is 2.21. The van der Waals surface area contributed by atoms with Crippen molar-refractivity contribution in [1.29, 1.82) is 0 Å². The lowest BCUT2D eigenvalue weighted by molar-refractivity contribution is 0.190. The molecular formula is C13H18F2N2O. The van der Waals surface area contributed by atoms with E-state index in [2.05, 4.69) is 10.2 Å². The summed E-state index contributed by atoms with van der Waals surface area (Å²) in [6, 6.07) is 2.28. The molecule has 1 aliphatic heterocycles. The van der Waals surface area contributed by atoms with Crippen molar-refractivity contribution in [3.05, 3.63) is 29.3 Å². The van der Waals surface area contributed by atoms with Crippen LogP contribution in [0.5, 0.6) is 5.75 Å². The Morgan fingerprint density at radius 2 is 1.89 bits per heavy atom. The molecular weight excluding hydrogens is 238 g/mol. The monoisotopic (exact) mass is 256 g/mol. The van der Waals surface area contributed by atoms with Crippen LogP contribution in [0.3, 0.4) is 0 Å². The predicted molar refractivity (Wildman–Crippen MR) is 65.9 cm³/mol. The molecule has 18 heavy (non-hydrogen) atoms. The summed E-state index contributed by atoms with van der Waals surface area (Å²) in [5.41, 5.74) is 0.620. The first-order chi connectivity index (χ1) is 8.66. The molecule has 0 amide bonds. The van der Waals surface area contributed by atoms with Crippen molar-refractivity contribution in [2.75, 3.05) is 39.3 Å². The van der Waals surface area contributed by atoms with Gasteiger partial charge in [0.2, 0.25) is 0 Å². The second-order valence-corrected chi connectivity index (χ2v) is 4.47. The van der Waals surface area contributed by atoms with Gasteiger partial charge in [0.1, 0.15) is 12.4 Å². The molecule has 3 nitrogen and oxygen atoms in total. The second-order valence-electron chi connectivity index (χ2n) is 4.47. The van der Waals surface area contributed by atoms with E-state index in [4.69, 9.17) is 4.74 Å². The zero-order valence-electron chi connectivity index (χ0n) is 10.5. The molecule has 100 valence electrons. The number of nitrogens with zero attached hydrogens (tertiary/aromatic N) is 1. The van der Waals surface area contributed by atoms with Crippen molar-refractivity contribution in [1.82, 2.24) is 10.2 Å². The van der Waals surface area contributed by atoms with Crippen molar-refractivity contribution >= 4 is 0 Å². The Labute approximate surface area is 106 Å². The van der Waals surface area contributed by atoms with Gasteiger partial charge in [-0.1, -0.05) is 0 Å². The summed E-state index contributed by atoms with van der Waals surface area (Å²) in [4.78, 5) is 2.28. The van der Waals surface area contributed by atoms with E-state index in [1.165, 1.54) is 0 Å². The van der Waals surface area contributed by atoms with E-state index in [-0.39, 0.29) is 0 Å². The first-order valence-electron chi connectivity index (χ1n) is 6.18. The Bertz CT molecular complexity index is 406. The van der Waals surface area contributed by atoms with Crippen molar-refractivity contribution in [3.63, 3.8) is 0 Å². The van der Waals surface area contributed by atoms with Crippen LogP contribution in [0.4, 0.5) is 8.78 Å². The molecule has 1 aromatic carbocycles. The summed E-state index contributed by atoms with van der Waals surface area (Å²) < 4.78 is 31.5. The molecule has 1 aromatic rings. The number of hydrogen-bond acceptors (Lipinski definition) is 3. The van der Waals surface area contributed by atoms with Crippen LogP contribution in [-0.2, 0) is 0 Å². The van der Waals surface area contributed by atoms with Crippen molar-refractivity contribution in [2.24, 2.45) is 0 Å². The molecule has 0 aromatic heterocycles. The van der Waals surface area contributed by atoms with Crippen LogP contribution in [0, 0.1) is 18.6 Å². The summed E-state index contributed by atoms with van der Waals surface area (Å²) in [5.74, 6) is -1.27. The maximum Gasteiger partial charge on any atom is 0.162 e. The van der Waals surface area contributed by atoms with Crippen LogP contribution in [0.2, 0.25) is 0 Å². The van der Waals surface area contributed by atoms with Crippen molar-refractivity contribution in [3.8, 4) is 5.75 Å². The third-order valence-corrected chi connectivity index (χ3v) is 3.09. The molecule has 0 radical (unpaired) electrons. The quantitative estimate of drug-likeness (QED) is 0.884. The molecule has 1 fully saturated rings. The van der Waals surface area contributed by atoms with Crippen LogP contribution in [0.1, 0.15) is 5.56 Å². The topological polar surface area (TPSA) is 24.5 Å². The normalized spacial score (nSPS) is 16.8. The molecule has 0 saturated carbocycles.